The van der Waals surface area contributed by atoms with Crippen LogP contribution in [-0.2, 0) is 4.79 Å². The molecule has 100 valence electrons. The largest absolute Gasteiger partial charge is 0.497 e. The van der Waals surface area contributed by atoms with E-state index in [2.05, 4.69) is 10.0 Å². The van der Waals surface area contributed by atoms with Gasteiger partial charge in [0, 0.05) is 30.5 Å². The molecule has 0 radical (unpaired) electrons. The zero-order valence-electron chi connectivity index (χ0n) is 10.4. The zero-order valence-corrected chi connectivity index (χ0v) is 11.2. The Hall–Kier alpha value is -1.91. The molecule has 7 heteroatoms. The molecule has 19 heavy (non-hydrogen) atoms. The van der Waals surface area contributed by atoms with Crippen LogP contribution in [0.5, 0.6) is 5.75 Å². The highest BCUT2D eigenvalue weighted by Crippen LogP contribution is 2.33. The number of amides is 1. The molecule has 1 amide bonds. The van der Waals surface area contributed by atoms with E-state index in [9.17, 15) is 4.79 Å². The highest BCUT2D eigenvalue weighted by molar-refractivity contribution is 6.34. The summed E-state index contributed by atoms with van der Waals surface area (Å²) in [6, 6.07) is 5.19. The molecule has 1 aromatic rings. The summed E-state index contributed by atoms with van der Waals surface area (Å²) in [6.45, 7) is 0.844. The third kappa shape index (κ3) is 2.92. The van der Waals surface area contributed by atoms with Gasteiger partial charge in [0.2, 0.25) is 5.91 Å². The summed E-state index contributed by atoms with van der Waals surface area (Å²) in [6.07, 6.45) is 0.376. The standard InChI is InChI=1S/C12H13ClN4O2/c1-19-9-2-3-11(10(13)5-9)17-7-8(4-12(17)18)6-15-16-14/h2-3,5,8H,4,6-7H2,1H3. The summed E-state index contributed by atoms with van der Waals surface area (Å²) < 4.78 is 5.07. The van der Waals surface area contributed by atoms with Gasteiger partial charge in [-0.05, 0) is 23.6 Å². The number of anilines is 1. The number of hydrogen-bond donors (Lipinski definition) is 0. The molecule has 0 spiro atoms. The Morgan fingerprint density at radius 1 is 1.63 bits per heavy atom. The Morgan fingerprint density at radius 2 is 2.42 bits per heavy atom. The van der Waals surface area contributed by atoms with Gasteiger partial charge in [-0.15, -0.1) is 0 Å². The molecule has 1 aromatic carbocycles. The highest BCUT2D eigenvalue weighted by atomic mass is 35.5. The van der Waals surface area contributed by atoms with E-state index in [1.165, 1.54) is 0 Å². The maximum Gasteiger partial charge on any atom is 0.227 e. The number of methoxy groups -OCH3 is 1. The summed E-state index contributed by atoms with van der Waals surface area (Å²) in [5.74, 6) is 0.679. The van der Waals surface area contributed by atoms with Gasteiger partial charge in [-0.1, -0.05) is 16.7 Å². The van der Waals surface area contributed by atoms with Crippen LogP contribution in [0.1, 0.15) is 6.42 Å². The van der Waals surface area contributed by atoms with Gasteiger partial charge in [-0.3, -0.25) is 4.79 Å². The number of ether oxygens (including phenoxy) is 1. The van der Waals surface area contributed by atoms with Crippen molar-refractivity contribution in [2.24, 2.45) is 11.0 Å². The molecule has 1 aliphatic rings. The number of benzene rings is 1. The van der Waals surface area contributed by atoms with Crippen LogP contribution in [0.4, 0.5) is 5.69 Å². The fourth-order valence-electron chi connectivity index (χ4n) is 2.12. The molecular weight excluding hydrogens is 268 g/mol. The number of carbonyl (C=O) groups is 1. The molecule has 1 fully saturated rings. The van der Waals surface area contributed by atoms with E-state index < -0.39 is 0 Å². The van der Waals surface area contributed by atoms with Crippen molar-refractivity contribution in [3.05, 3.63) is 33.7 Å². The van der Waals surface area contributed by atoms with Crippen LogP contribution in [0.25, 0.3) is 10.4 Å². The lowest BCUT2D eigenvalue weighted by Crippen LogP contribution is -2.25. The average Bonchev–Trinajstić information content (AvgIpc) is 2.77. The minimum atomic E-state index is -0.00907. The van der Waals surface area contributed by atoms with Crippen molar-refractivity contribution in [3.8, 4) is 5.75 Å². The summed E-state index contributed by atoms with van der Waals surface area (Å²) in [5, 5.41) is 3.98. The molecule has 1 unspecified atom stereocenters. The predicted octanol–water partition coefficient (Wildman–Crippen LogP) is 3.01. The SMILES string of the molecule is COc1ccc(N2CC(CN=[N+]=[N-])CC2=O)c(Cl)c1. The Labute approximate surface area is 115 Å². The highest BCUT2D eigenvalue weighted by Gasteiger charge is 2.31. The molecule has 0 saturated carbocycles. The van der Waals surface area contributed by atoms with Crippen LogP contribution in [0.15, 0.2) is 23.3 Å². The van der Waals surface area contributed by atoms with E-state index in [-0.39, 0.29) is 11.8 Å². The molecule has 2 rings (SSSR count). The van der Waals surface area contributed by atoms with E-state index in [0.29, 0.717) is 36.0 Å². The first-order valence-electron chi connectivity index (χ1n) is 5.80. The van der Waals surface area contributed by atoms with E-state index in [1.807, 2.05) is 0 Å². The van der Waals surface area contributed by atoms with Crippen molar-refractivity contribution in [2.75, 3.05) is 25.1 Å². The minimum absolute atomic E-state index is 0.00907. The topological polar surface area (TPSA) is 78.3 Å². The quantitative estimate of drug-likeness (QED) is 0.483. The van der Waals surface area contributed by atoms with Crippen LogP contribution in [0.3, 0.4) is 0 Å². The normalized spacial score (nSPS) is 18.3. The van der Waals surface area contributed by atoms with Gasteiger partial charge in [0.15, 0.2) is 0 Å². The summed E-state index contributed by atoms with van der Waals surface area (Å²) >= 11 is 6.15. The van der Waals surface area contributed by atoms with E-state index in [4.69, 9.17) is 21.9 Å². The number of carbonyl (C=O) groups excluding carboxylic acids is 1. The maximum atomic E-state index is 12.0. The molecule has 6 nitrogen and oxygen atoms in total. The summed E-state index contributed by atoms with van der Waals surface area (Å²) in [5.41, 5.74) is 8.96. The first kappa shape index (κ1) is 13.5. The van der Waals surface area contributed by atoms with Gasteiger partial charge in [0.25, 0.3) is 0 Å². The van der Waals surface area contributed by atoms with Gasteiger partial charge in [0.1, 0.15) is 5.75 Å². The van der Waals surface area contributed by atoms with Crippen molar-refractivity contribution in [3.63, 3.8) is 0 Å². The Balaban J connectivity index is 2.18. The van der Waals surface area contributed by atoms with Crippen molar-refractivity contribution in [1.82, 2.24) is 0 Å². The van der Waals surface area contributed by atoms with Gasteiger partial charge in [-0.2, -0.15) is 0 Å². The number of rotatable bonds is 4. The second kappa shape index (κ2) is 5.82. The minimum Gasteiger partial charge on any atom is -0.497 e. The fraction of sp³-hybridized carbons (Fsp3) is 0.417. The van der Waals surface area contributed by atoms with Gasteiger partial charge in [0.05, 0.1) is 17.8 Å². The molecule has 1 atom stereocenters. The van der Waals surface area contributed by atoms with Gasteiger partial charge < -0.3 is 9.64 Å². The van der Waals surface area contributed by atoms with Crippen molar-refractivity contribution in [2.45, 2.75) is 6.42 Å². The molecular formula is C12H13ClN4O2. The Morgan fingerprint density at radius 3 is 3.05 bits per heavy atom. The van der Waals surface area contributed by atoms with E-state index in [1.54, 1.807) is 30.2 Å². The molecule has 0 aliphatic carbocycles. The lowest BCUT2D eigenvalue weighted by atomic mass is 10.1. The van der Waals surface area contributed by atoms with Crippen molar-refractivity contribution >= 4 is 23.2 Å². The van der Waals surface area contributed by atoms with Crippen LogP contribution >= 0.6 is 11.6 Å². The third-order valence-corrected chi connectivity index (χ3v) is 3.36. The number of azide groups is 1. The molecule has 0 bridgehead atoms. The Bertz CT molecular complexity index is 543. The fourth-order valence-corrected chi connectivity index (χ4v) is 2.39. The van der Waals surface area contributed by atoms with Gasteiger partial charge in [-0.25, -0.2) is 0 Å². The molecule has 1 saturated heterocycles. The number of hydrogen-bond acceptors (Lipinski definition) is 3. The second-order valence-corrected chi connectivity index (χ2v) is 4.71. The van der Waals surface area contributed by atoms with E-state index >= 15 is 0 Å². The van der Waals surface area contributed by atoms with Crippen LogP contribution in [-0.4, -0.2) is 26.1 Å². The zero-order chi connectivity index (χ0) is 13.8. The second-order valence-electron chi connectivity index (χ2n) is 4.31. The molecule has 1 heterocycles. The van der Waals surface area contributed by atoms with Crippen molar-refractivity contribution < 1.29 is 9.53 Å². The first-order chi connectivity index (χ1) is 9.15. The van der Waals surface area contributed by atoms with Gasteiger partial charge >= 0.3 is 0 Å². The number of halogens is 1. The smallest absolute Gasteiger partial charge is 0.227 e. The van der Waals surface area contributed by atoms with E-state index in [0.717, 1.165) is 0 Å². The molecule has 1 aliphatic heterocycles. The average molecular weight is 281 g/mol. The summed E-state index contributed by atoms with van der Waals surface area (Å²) in [4.78, 5) is 16.3. The molecule has 0 aromatic heterocycles. The monoisotopic (exact) mass is 280 g/mol. The summed E-state index contributed by atoms with van der Waals surface area (Å²) in [7, 11) is 1.56. The molecule has 0 N–H and O–H groups in total. The van der Waals surface area contributed by atoms with Crippen molar-refractivity contribution in [1.29, 1.82) is 0 Å². The third-order valence-electron chi connectivity index (χ3n) is 3.05. The lowest BCUT2D eigenvalue weighted by Gasteiger charge is -2.18. The van der Waals surface area contributed by atoms with Crippen LogP contribution in [0, 0.1) is 5.92 Å². The van der Waals surface area contributed by atoms with Crippen LogP contribution < -0.4 is 9.64 Å². The van der Waals surface area contributed by atoms with Crippen LogP contribution in [0.2, 0.25) is 5.02 Å². The first-order valence-corrected chi connectivity index (χ1v) is 6.18. The maximum absolute atomic E-state index is 12.0. The Kier molecular flexibility index (Phi) is 4.14. The predicted molar refractivity (Wildman–Crippen MR) is 72.5 cm³/mol. The number of nitrogens with zero attached hydrogens (tertiary/aromatic N) is 4. The lowest BCUT2D eigenvalue weighted by molar-refractivity contribution is -0.117.